The number of nitriles is 1. The van der Waals surface area contributed by atoms with Crippen LogP contribution in [0.1, 0.15) is 23.0 Å². The van der Waals surface area contributed by atoms with Crippen LogP contribution in [0.3, 0.4) is 0 Å². The van der Waals surface area contributed by atoms with Crippen molar-refractivity contribution in [3.63, 3.8) is 0 Å². The number of amides is 2. The zero-order chi connectivity index (χ0) is 19.9. The predicted molar refractivity (Wildman–Crippen MR) is 105 cm³/mol. The van der Waals surface area contributed by atoms with Crippen molar-refractivity contribution in [2.75, 3.05) is 16.0 Å². The maximum Gasteiger partial charge on any atom is 0.276 e. The summed E-state index contributed by atoms with van der Waals surface area (Å²) in [5, 5.41) is 25.1. The fourth-order valence-electron chi connectivity index (χ4n) is 2.37. The highest BCUT2D eigenvalue weighted by Gasteiger charge is 2.09. The van der Waals surface area contributed by atoms with Crippen LogP contribution in [0.4, 0.5) is 22.9 Å². The predicted octanol–water partition coefficient (Wildman–Crippen LogP) is 3.30. The van der Waals surface area contributed by atoms with Crippen molar-refractivity contribution in [3.05, 3.63) is 71.9 Å². The molecule has 0 saturated carbocycles. The van der Waals surface area contributed by atoms with Crippen LogP contribution in [0.5, 0.6) is 0 Å². The van der Waals surface area contributed by atoms with E-state index in [1.54, 1.807) is 60.7 Å². The van der Waals surface area contributed by atoms with Crippen LogP contribution >= 0.6 is 0 Å². The first kappa shape index (κ1) is 18.5. The number of hydrogen-bond donors (Lipinski definition) is 3. The molecule has 138 valence electrons. The summed E-state index contributed by atoms with van der Waals surface area (Å²) in [6, 6.07) is 18.9. The first-order valence-corrected chi connectivity index (χ1v) is 8.33. The molecule has 3 aromatic rings. The third-order valence-electron chi connectivity index (χ3n) is 3.62. The fourth-order valence-corrected chi connectivity index (χ4v) is 2.37. The molecule has 0 radical (unpaired) electrons. The van der Waals surface area contributed by atoms with Crippen LogP contribution in [-0.4, -0.2) is 22.0 Å². The van der Waals surface area contributed by atoms with E-state index in [1.807, 2.05) is 6.07 Å². The molecule has 0 aliphatic carbocycles. The summed E-state index contributed by atoms with van der Waals surface area (Å²) in [7, 11) is 0. The highest BCUT2D eigenvalue weighted by molar-refractivity contribution is 6.03. The average molecular weight is 372 g/mol. The van der Waals surface area contributed by atoms with Crippen LogP contribution in [0.25, 0.3) is 0 Å². The minimum absolute atomic E-state index is 0.148. The van der Waals surface area contributed by atoms with Gasteiger partial charge in [0.25, 0.3) is 5.91 Å². The molecular formula is C20H16N6O2. The molecule has 0 aliphatic heterocycles. The van der Waals surface area contributed by atoms with Gasteiger partial charge in [0.05, 0.1) is 11.6 Å². The molecule has 2 aromatic carbocycles. The number of hydrogen-bond acceptors (Lipinski definition) is 6. The Morgan fingerprint density at radius 2 is 1.61 bits per heavy atom. The molecule has 0 unspecified atom stereocenters. The summed E-state index contributed by atoms with van der Waals surface area (Å²) in [6.07, 6.45) is 0. The summed E-state index contributed by atoms with van der Waals surface area (Å²) in [4.78, 5) is 23.5. The minimum atomic E-state index is -0.419. The van der Waals surface area contributed by atoms with Gasteiger partial charge in [-0.25, -0.2) is 0 Å². The molecule has 8 heteroatoms. The van der Waals surface area contributed by atoms with Gasteiger partial charge >= 0.3 is 0 Å². The Kier molecular flexibility index (Phi) is 5.58. The number of nitrogens with zero attached hydrogens (tertiary/aromatic N) is 3. The van der Waals surface area contributed by atoms with E-state index < -0.39 is 5.91 Å². The molecule has 0 bridgehead atoms. The van der Waals surface area contributed by atoms with Gasteiger partial charge in [0.1, 0.15) is 0 Å². The van der Waals surface area contributed by atoms with Crippen molar-refractivity contribution in [2.24, 2.45) is 0 Å². The molecule has 8 nitrogen and oxygen atoms in total. The Morgan fingerprint density at radius 3 is 2.21 bits per heavy atom. The molecule has 28 heavy (non-hydrogen) atoms. The maximum absolute atomic E-state index is 12.3. The van der Waals surface area contributed by atoms with Gasteiger partial charge in [-0.2, -0.15) is 5.26 Å². The third-order valence-corrected chi connectivity index (χ3v) is 3.62. The monoisotopic (exact) mass is 372 g/mol. The molecule has 3 rings (SSSR count). The molecule has 1 heterocycles. The Morgan fingerprint density at radius 1 is 0.893 bits per heavy atom. The van der Waals surface area contributed by atoms with E-state index in [1.165, 1.54) is 6.92 Å². The summed E-state index contributed by atoms with van der Waals surface area (Å²) in [5.74, 6) is -0.147. The number of rotatable bonds is 5. The smallest absolute Gasteiger partial charge is 0.276 e. The van der Waals surface area contributed by atoms with Gasteiger partial charge in [-0.3, -0.25) is 9.59 Å². The number of carbonyl (C=O) groups is 2. The van der Waals surface area contributed by atoms with Gasteiger partial charge in [0, 0.05) is 24.0 Å². The zero-order valence-electron chi connectivity index (χ0n) is 14.9. The van der Waals surface area contributed by atoms with E-state index in [2.05, 4.69) is 26.1 Å². The van der Waals surface area contributed by atoms with Crippen LogP contribution in [0.2, 0.25) is 0 Å². The lowest BCUT2D eigenvalue weighted by atomic mass is 10.2. The van der Waals surface area contributed by atoms with Crippen molar-refractivity contribution >= 4 is 34.7 Å². The number of aromatic nitrogens is 2. The van der Waals surface area contributed by atoms with E-state index in [4.69, 9.17) is 5.26 Å². The van der Waals surface area contributed by atoms with Crippen LogP contribution in [-0.2, 0) is 4.79 Å². The van der Waals surface area contributed by atoms with Crippen molar-refractivity contribution < 1.29 is 9.59 Å². The number of nitrogens with one attached hydrogen (secondary N) is 3. The van der Waals surface area contributed by atoms with Gasteiger partial charge in [-0.15, -0.1) is 10.2 Å². The van der Waals surface area contributed by atoms with Crippen LogP contribution in [0.15, 0.2) is 60.7 Å². The lowest BCUT2D eigenvalue weighted by Gasteiger charge is -2.08. The van der Waals surface area contributed by atoms with Gasteiger partial charge < -0.3 is 16.0 Å². The summed E-state index contributed by atoms with van der Waals surface area (Å²) in [6.45, 7) is 1.41. The van der Waals surface area contributed by atoms with Gasteiger partial charge in [-0.05, 0) is 54.6 Å². The molecule has 0 saturated heterocycles. The lowest BCUT2D eigenvalue weighted by Crippen LogP contribution is -2.15. The zero-order valence-corrected chi connectivity index (χ0v) is 14.9. The molecule has 0 atom stereocenters. The van der Waals surface area contributed by atoms with Gasteiger partial charge in [-0.1, -0.05) is 6.07 Å². The average Bonchev–Trinajstić information content (AvgIpc) is 2.69. The van der Waals surface area contributed by atoms with Gasteiger partial charge in [0.2, 0.25) is 5.91 Å². The summed E-state index contributed by atoms with van der Waals surface area (Å²) >= 11 is 0. The number of benzene rings is 2. The standard InChI is InChI=1S/C20H16N6O2/c1-13(27)22-16-3-2-4-17(11-16)24-20(28)18-9-10-19(26-25-18)23-15-7-5-14(12-21)6-8-15/h2-11H,1H3,(H,22,27)(H,23,26)(H,24,28). The number of anilines is 4. The largest absolute Gasteiger partial charge is 0.339 e. The Labute approximate surface area is 161 Å². The van der Waals surface area contributed by atoms with Crippen molar-refractivity contribution in [1.29, 1.82) is 5.26 Å². The van der Waals surface area contributed by atoms with Crippen molar-refractivity contribution in [2.45, 2.75) is 6.92 Å². The first-order chi connectivity index (χ1) is 13.5. The highest BCUT2D eigenvalue weighted by Crippen LogP contribution is 2.17. The molecule has 0 spiro atoms. The third kappa shape index (κ3) is 4.89. The fraction of sp³-hybridized carbons (Fsp3) is 0.0500. The first-order valence-electron chi connectivity index (χ1n) is 8.33. The Balaban J connectivity index is 1.65. The quantitative estimate of drug-likeness (QED) is 0.632. The lowest BCUT2D eigenvalue weighted by molar-refractivity contribution is -0.114. The highest BCUT2D eigenvalue weighted by atomic mass is 16.2. The molecule has 0 aliphatic rings. The topological polar surface area (TPSA) is 120 Å². The summed E-state index contributed by atoms with van der Waals surface area (Å²) in [5.41, 5.74) is 2.57. The van der Waals surface area contributed by atoms with E-state index in [0.29, 0.717) is 22.8 Å². The Hall–Kier alpha value is -4.25. The minimum Gasteiger partial charge on any atom is -0.339 e. The van der Waals surface area contributed by atoms with Crippen LogP contribution < -0.4 is 16.0 Å². The van der Waals surface area contributed by atoms with Crippen molar-refractivity contribution in [3.8, 4) is 6.07 Å². The van der Waals surface area contributed by atoms with Gasteiger partial charge in [0.15, 0.2) is 11.5 Å². The molecule has 0 fully saturated rings. The number of carbonyl (C=O) groups excluding carboxylic acids is 2. The van der Waals surface area contributed by atoms with E-state index in [-0.39, 0.29) is 11.6 Å². The normalized spacial score (nSPS) is 9.86. The maximum atomic E-state index is 12.3. The van der Waals surface area contributed by atoms with E-state index in [9.17, 15) is 9.59 Å². The second kappa shape index (κ2) is 8.42. The Bertz CT molecular complexity index is 1040. The molecule has 3 N–H and O–H groups in total. The molecule has 2 amide bonds. The van der Waals surface area contributed by atoms with E-state index in [0.717, 1.165) is 5.69 Å². The second-order valence-corrected chi connectivity index (χ2v) is 5.83. The second-order valence-electron chi connectivity index (χ2n) is 5.83. The summed E-state index contributed by atoms with van der Waals surface area (Å²) < 4.78 is 0. The van der Waals surface area contributed by atoms with Crippen LogP contribution in [0, 0.1) is 11.3 Å². The van der Waals surface area contributed by atoms with Crippen molar-refractivity contribution in [1.82, 2.24) is 10.2 Å². The SMILES string of the molecule is CC(=O)Nc1cccc(NC(=O)c2ccc(Nc3ccc(C#N)cc3)nn2)c1. The van der Waals surface area contributed by atoms with E-state index >= 15 is 0 Å². The molecule has 1 aromatic heterocycles. The molecular weight excluding hydrogens is 356 g/mol.